The molecule has 0 saturated heterocycles. The first-order valence-corrected chi connectivity index (χ1v) is 7.60. The van der Waals surface area contributed by atoms with Crippen molar-refractivity contribution < 1.29 is 13.2 Å². The molecule has 2 aromatic carbocycles. The highest BCUT2D eigenvalue weighted by Crippen LogP contribution is 2.37. The van der Waals surface area contributed by atoms with Gasteiger partial charge in [-0.25, -0.2) is 13.4 Å². The number of rotatable bonds is 0. The summed E-state index contributed by atoms with van der Waals surface area (Å²) in [5, 5.41) is 0.0352. The van der Waals surface area contributed by atoms with Crippen molar-refractivity contribution in [3.63, 3.8) is 0 Å². The summed E-state index contributed by atoms with van der Waals surface area (Å²) in [5.74, 6) is 1.05. The van der Waals surface area contributed by atoms with Crippen molar-refractivity contribution in [1.29, 1.82) is 0 Å². The van der Waals surface area contributed by atoms with Gasteiger partial charge < -0.3 is 4.74 Å². The van der Waals surface area contributed by atoms with Gasteiger partial charge in [0.2, 0.25) is 0 Å². The van der Waals surface area contributed by atoms with E-state index in [9.17, 15) is 8.42 Å². The number of benzene rings is 2. The lowest BCUT2D eigenvalue weighted by molar-refractivity contribution is 0.485. The maximum atomic E-state index is 11.9. The lowest BCUT2D eigenvalue weighted by Crippen LogP contribution is -2.14. The predicted octanol–water partition coefficient (Wildman–Crippen LogP) is 2.92. The van der Waals surface area contributed by atoms with Crippen LogP contribution in [0.15, 0.2) is 53.5 Å². The third kappa shape index (κ3) is 2.13. The highest BCUT2D eigenvalue weighted by atomic mass is 32.2. The molecule has 0 spiro atoms. The SMILES string of the molecule is CS(=O)(=O)C1=Nc2ccccc2Oc2ccccc21. The molecule has 1 aliphatic rings. The summed E-state index contributed by atoms with van der Waals surface area (Å²) < 4.78 is 29.6. The number of fused-ring (bicyclic) bond motifs is 2. The summed E-state index contributed by atoms with van der Waals surface area (Å²) in [6.07, 6.45) is 1.15. The number of sulfone groups is 1. The average Bonchev–Trinajstić information content (AvgIpc) is 2.54. The van der Waals surface area contributed by atoms with Gasteiger partial charge in [0.15, 0.2) is 20.6 Å². The summed E-state index contributed by atoms with van der Waals surface area (Å²) in [6.45, 7) is 0. The second-order valence-corrected chi connectivity index (χ2v) is 6.19. The van der Waals surface area contributed by atoms with E-state index in [0.29, 0.717) is 22.7 Å². The minimum Gasteiger partial charge on any atom is -0.454 e. The average molecular weight is 273 g/mol. The van der Waals surface area contributed by atoms with Gasteiger partial charge in [0.1, 0.15) is 11.4 Å². The van der Waals surface area contributed by atoms with Crippen LogP contribution in [0.5, 0.6) is 11.5 Å². The third-order valence-electron chi connectivity index (χ3n) is 2.78. The predicted molar refractivity (Wildman–Crippen MR) is 74.0 cm³/mol. The van der Waals surface area contributed by atoms with Crippen molar-refractivity contribution in [1.82, 2.24) is 0 Å². The van der Waals surface area contributed by atoms with E-state index in [4.69, 9.17) is 4.74 Å². The fourth-order valence-corrected chi connectivity index (χ4v) is 2.77. The van der Waals surface area contributed by atoms with Crippen LogP contribution >= 0.6 is 0 Å². The minimum absolute atomic E-state index is 0.0352. The molecule has 0 bridgehead atoms. The summed E-state index contributed by atoms with van der Waals surface area (Å²) in [6, 6.07) is 14.1. The Kier molecular flexibility index (Phi) is 2.64. The monoisotopic (exact) mass is 273 g/mol. The van der Waals surface area contributed by atoms with Gasteiger partial charge in [-0.05, 0) is 24.3 Å². The number of nitrogens with zero attached hydrogens (tertiary/aromatic N) is 1. The minimum atomic E-state index is -3.44. The molecule has 2 aromatic rings. The zero-order valence-corrected chi connectivity index (χ0v) is 11.0. The van der Waals surface area contributed by atoms with Crippen LogP contribution in [-0.2, 0) is 9.84 Å². The number of hydrogen-bond acceptors (Lipinski definition) is 4. The van der Waals surface area contributed by atoms with Gasteiger partial charge in [0.05, 0.1) is 5.56 Å². The van der Waals surface area contributed by atoms with Crippen molar-refractivity contribution in [3.05, 3.63) is 54.1 Å². The molecule has 0 aromatic heterocycles. The van der Waals surface area contributed by atoms with Crippen LogP contribution < -0.4 is 4.74 Å². The molecule has 0 unspecified atom stereocenters. The molecule has 0 radical (unpaired) electrons. The Morgan fingerprint density at radius 2 is 1.58 bits per heavy atom. The molecule has 1 aliphatic heterocycles. The Morgan fingerprint density at radius 3 is 2.32 bits per heavy atom. The highest BCUT2D eigenvalue weighted by molar-refractivity contribution is 8.06. The molecule has 0 atom stereocenters. The Labute approximate surface area is 111 Å². The first-order chi connectivity index (χ1) is 9.05. The van der Waals surface area contributed by atoms with Crippen molar-refractivity contribution in [2.75, 3.05) is 6.26 Å². The quantitative estimate of drug-likeness (QED) is 0.741. The highest BCUT2D eigenvalue weighted by Gasteiger charge is 2.24. The van der Waals surface area contributed by atoms with Crippen LogP contribution in [0, 0.1) is 0 Å². The Bertz CT molecular complexity index is 779. The van der Waals surface area contributed by atoms with Crippen LogP contribution in [0.2, 0.25) is 0 Å². The molecular weight excluding hydrogens is 262 g/mol. The standard InChI is InChI=1S/C14H11NO3S/c1-19(16,17)14-10-6-2-4-8-12(10)18-13-9-5-3-7-11(13)15-14/h2-9H,1H3. The van der Waals surface area contributed by atoms with Gasteiger partial charge in [-0.15, -0.1) is 0 Å². The van der Waals surface area contributed by atoms with E-state index < -0.39 is 9.84 Å². The van der Waals surface area contributed by atoms with Gasteiger partial charge in [0, 0.05) is 6.26 Å². The lowest BCUT2D eigenvalue weighted by atomic mass is 10.2. The van der Waals surface area contributed by atoms with E-state index >= 15 is 0 Å². The molecule has 0 amide bonds. The Hall–Kier alpha value is -2.14. The molecule has 3 rings (SSSR count). The molecule has 0 fully saturated rings. The van der Waals surface area contributed by atoms with Crippen LogP contribution in [0.3, 0.4) is 0 Å². The van der Waals surface area contributed by atoms with Gasteiger partial charge in [-0.2, -0.15) is 0 Å². The molecule has 5 heteroatoms. The van der Waals surface area contributed by atoms with E-state index in [2.05, 4.69) is 4.99 Å². The van der Waals surface area contributed by atoms with Crippen molar-refractivity contribution >= 4 is 20.6 Å². The maximum absolute atomic E-state index is 11.9. The molecule has 19 heavy (non-hydrogen) atoms. The first-order valence-electron chi connectivity index (χ1n) is 5.71. The van der Waals surface area contributed by atoms with Crippen LogP contribution in [0.1, 0.15) is 5.56 Å². The van der Waals surface area contributed by atoms with E-state index in [1.807, 2.05) is 6.07 Å². The second kappa shape index (κ2) is 4.20. The molecule has 4 nitrogen and oxygen atoms in total. The van der Waals surface area contributed by atoms with E-state index in [0.717, 1.165) is 6.26 Å². The van der Waals surface area contributed by atoms with Crippen LogP contribution in [0.25, 0.3) is 0 Å². The van der Waals surface area contributed by atoms with Gasteiger partial charge >= 0.3 is 0 Å². The van der Waals surface area contributed by atoms with E-state index in [1.54, 1.807) is 42.5 Å². The molecular formula is C14H11NO3S. The third-order valence-corrected chi connectivity index (χ3v) is 3.79. The second-order valence-electron chi connectivity index (χ2n) is 4.26. The number of hydrogen-bond donors (Lipinski definition) is 0. The fraction of sp³-hybridized carbons (Fsp3) is 0.0714. The smallest absolute Gasteiger partial charge is 0.193 e. The van der Waals surface area contributed by atoms with Crippen molar-refractivity contribution in [2.45, 2.75) is 0 Å². The van der Waals surface area contributed by atoms with Crippen molar-refractivity contribution in [3.8, 4) is 11.5 Å². The van der Waals surface area contributed by atoms with Gasteiger partial charge in [0.25, 0.3) is 0 Å². The summed E-state index contributed by atoms with van der Waals surface area (Å²) in [7, 11) is -3.44. The van der Waals surface area contributed by atoms with Crippen LogP contribution in [0.4, 0.5) is 5.69 Å². The Morgan fingerprint density at radius 1 is 0.947 bits per heavy atom. The van der Waals surface area contributed by atoms with Crippen LogP contribution in [-0.4, -0.2) is 19.7 Å². The van der Waals surface area contributed by atoms with Crippen molar-refractivity contribution in [2.24, 2.45) is 4.99 Å². The zero-order chi connectivity index (χ0) is 13.5. The van der Waals surface area contributed by atoms with E-state index in [-0.39, 0.29) is 5.04 Å². The number of ether oxygens (including phenoxy) is 1. The molecule has 0 aliphatic carbocycles. The normalized spacial score (nSPS) is 13.6. The van der Waals surface area contributed by atoms with Gasteiger partial charge in [-0.1, -0.05) is 24.3 Å². The lowest BCUT2D eigenvalue weighted by Gasteiger charge is -2.08. The van der Waals surface area contributed by atoms with E-state index in [1.165, 1.54) is 0 Å². The molecule has 1 heterocycles. The first kappa shape index (κ1) is 11.9. The number of aliphatic imine (C=N–C) groups is 1. The molecule has 0 saturated carbocycles. The molecule has 96 valence electrons. The summed E-state index contributed by atoms with van der Waals surface area (Å²) >= 11 is 0. The zero-order valence-electron chi connectivity index (χ0n) is 10.2. The van der Waals surface area contributed by atoms with Gasteiger partial charge in [-0.3, -0.25) is 0 Å². The number of para-hydroxylation sites is 3. The fourth-order valence-electron chi connectivity index (χ4n) is 1.94. The Balaban J connectivity index is 2.35. The molecule has 0 N–H and O–H groups in total. The largest absolute Gasteiger partial charge is 0.454 e. The summed E-state index contributed by atoms with van der Waals surface area (Å²) in [4.78, 5) is 4.26. The summed E-state index contributed by atoms with van der Waals surface area (Å²) in [5.41, 5.74) is 1.00. The topological polar surface area (TPSA) is 55.7 Å². The maximum Gasteiger partial charge on any atom is 0.193 e.